The van der Waals surface area contributed by atoms with Crippen LogP contribution in [-0.4, -0.2) is 177 Å². The molecule has 11 aromatic heterocycles. The smallest absolute Gasteiger partial charge is 0.324 e. The molecule has 3 aliphatic carbocycles. The van der Waals surface area contributed by atoms with Gasteiger partial charge in [0.1, 0.15) is 29.7 Å². The van der Waals surface area contributed by atoms with E-state index in [9.17, 15) is 9.90 Å². The number of pyridine rings is 2. The van der Waals surface area contributed by atoms with E-state index < -0.39 is 5.41 Å². The highest BCUT2D eigenvalue weighted by molar-refractivity contribution is 5.75. The topological polar surface area (TPSA) is 450 Å². The average molecular weight is 1740 g/mol. The van der Waals surface area contributed by atoms with Crippen molar-refractivity contribution in [3.63, 3.8) is 0 Å². The molecule has 1 saturated heterocycles. The van der Waals surface area contributed by atoms with E-state index in [1.807, 2.05) is 56.8 Å². The Labute approximate surface area is 746 Å². The molecule has 0 bridgehead atoms. The molecule has 0 unspecified atom stereocenters. The molecule has 4 fully saturated rings. The zero-order chi connectivity index (χ0) is 90.1. The number of carbonyl (C=O) groups is 1. The SMILES string of the molecule is CNc1ccc(-c2ccc([C@](C)(c3noc(-c4cnn(CC(=O)N(C)C)c4)n3)C3CC3)cc2)cn1.COCCNc1cnc(-c2nc([C@@](C)(c3ccc(-c4cnc(N)nc4)cc3)C(C)C)no2)cn1.C[C@@](c1ccc(-c2ccc(N)nc2)cc1)(c1noc(N2CCC(O)CC2)n1)C1CC1.Cn1cc(-c2nc([C@@](C)(c3ccc(-c4cnc(N)nc4)cc3)C3CCC3)no2)cn1. The second-order valence-corrected chi connectivity index (χ2v) is 34.5. The summed E-state index contributed by atoms with van der Waals surface area (Å²) in [6.45, 7) is 15.9. The molecule has 4 atom stereocenters. The highest BCUT2D eigenvalue weighted by atomic mass is 16.5. The van der Waals surface area contributed by atoms with E-state index in [-0.39, 0.29) is 52.6 Å². The number of aryl methyl sites for hydroxylation is 1. The summed E-state index contributed by atoms with van der Waals surface area (Å²) in [5.74, 6) is 8.08. The predicted molar refractivity (Wildman–Crippen MR) is 489 cm³/mol. The molecule has 1 amide bonds. The van der Waals surface area contributed by atoms with Gasteiger partial charge in [0.15, 0.2) is 23.3 Å². The van der Waals surface area contributed by atoms with Crippen LogP contribution >= 0.6 is 0 Å². The summed E-state index contributed by atoms with van der Waals surface area (Å²) < 4.78 is 30.8. The maximum atomic E-state index is 12.0. The molecule has 34 heteroatoms. The quantitative estimate of drug-likeness (QED) is 0.0260. The lowest BCUT2D eigenvalue weighted by atomic mass is 9.62. The van der Waals surface area contributed by atoms with Gasteiger partial charge in [0.05, 0.1) is 70.3 Å². The maximum absolute atomic E-state index is 12.0. The van der Waals surface area contributed by atoms with Crippen LogP contribution in [0.5, 0.6) is 0 Å². The number of carbonyl (C=O) groups excluding carboxylic acids is 1. The number of aromatic nitrogens is 20. The number of rotatable bonds is 27. The number of likely N-dealkylation sites (N-methyl/N-ethyl adjacent to an activating group) is 1. The van der Waals surface area contributed by atoms with Crippen LogP contribution in [0.25, 0.3) is 79.0 Å². The van der Waals surface area contributed by atoms with Crippen molar-refractivity contribution in [2.45, 2.75) is 134 Å². The molecular formula is C95H107N27O7. The fourth-order valence-corrected chi connectivity index (χ4v) is 16.4. The van der Waals surface area contributed by atoms with Gasteiger partial charge in [-0.15, -0.1) is 0 Å². The Kier molecular flexibility index (Phi) is 26.0. The Bertz CT molecular complexity index is 6200. The minimum absolute atomic E-state index is 0.0376. The standard InChI is InChI=1S/C26H29N7O2.C24H28N8O2.C23H27N5O2.C22H23N7O/c1-26(21-10-11-21,20-8-5-17(6-9-20)18-7-12-22(27-2)28-13-18)25-30-24(35-31-25)19-14-29-33(15-19)16-23(34)32(3)4;1-15(2)24(3,18-7-5-16(6-8-18)17-11-29-23(25)30-12-17)22-31-21(34-32-22)19-13-28-20(14-27-19)26-9-10-33-4;1-23(18-7-8-18,21-26-22(30-27-21)28-12-10-19(29)11-13-28)17-5-2-15(3-6-17)16-4-9-20(24)25-14-16;1-22(17-4-3-5-17,20-27-19(30-28-20)16-12-26-29(2)13-16)18-8-6-14(7-9-18)15-10-24-21(23)25-11-15/h5-9,12-15,21H,10-11,16H2,1-4H3,(H,27,28);5-8,11-15H,9-10H2,1-4H3,(H,26,28)(H2,25,29,30);2-6,9,14,18-19,29H,7-8,10-13H2,1H3,(H2,24,25);6-13,17H,3-5H2,1-2H3,(H2,23,24,25)/t26-;24-;23-;22-/m0101/s1. The highest BCUT2D eigenvalue weighted by Crippen LogP contribution is 2.53. The average Bonchev–Trinajstić information content (AvgIpc) is 1.71. The summed E-state index contributed by atoms with van der Waals surface area (Å²) in [5.41, 5.74) is 30.3. The van der Waals surface area contributed by atoms with Crippen LogP contribution < -0.4 is 32.7 Å². The van der Waals surface area contributed by atoms with Gasteiger partial charge in [-0.2, -0.15) is 30.1 Å². The lowest BCUT2D eigenvalue weighted by Crippen LogP contribution is -2.38. The number of anilines is 6. The van der Waals surface area contributed by atoms with E-state index in [2.05, 4.69) is 219 Å². The lowest BCUT2D eigenvalue weighted by Gasteiger charge is -2.41. The number of nitrogens with one attached hydrogen (secondary N) is 2. The summed E-state index contributed by atoms with van der Waals surface area (Å²) in [6, 6.07) is 42.2. The number of benzene rings is 4. The molecule has 4 aromatic carbocycles. The molecule has 664 valence electrons. The van der Waals surface area contributed by atoms with Crippen molar-refractivity contribution in [2.24, 2.45) is 30.7 Å². The summed E-state index contributed by atoms with van der Waals surface area (Å²) >= 11 is 0. The van der Waals surface area contributed by atoms with Crippen molar-refractivity contribution in [2.75, 3.05) is 87.2 Å². The van der Waals surface area contributed by atoms with Crippen molar-refractivity contribution in [1.82, 2.24) is 105 Å². The predicted octanol–water partition coefficient (Wildman–Crippen LogP) is 14.4. The van der Waals surface area contributed by atoms with E-state index in [0.717, 1.165) is 130 Å². The van der Waals surface area contributed by atoms with Gasteiger partial charge in [-0.05, 0) is 172 Å². The van der Waals surface area contributed by atoms with Gasteiger partial charge in [0.25, 0.3) is 17.7 Å². The number of nitrogens with zero attached hydrogens (tertiary/aromatic N) is 22. The number of piperidine rings is 1. The van der Waals surface area contributed by atoms with Crippen molar-refractivity contribution < 1.29 is 32.7 Å². The molecule has 34 nitrogen and oxygen atoms in total. The Morgan fingerprint density at radius 2 is 0.938 bits per heavy atom. The molecule has 9 N–H and O–H groups in total. The van der Waals surface area contributed by atoms with Gasteiger partial charge in [0, 0.05) is 127 Å². The van der Waals surface area contributed by atoms with Crippen LogP contribution in [-0.2, 0) is 44.8 Å². The van der Waals surface area contributed by atoms with E-state index in [1.54, 1.807) is 92.5 Å². The van der Waals surface area contributed by atoms with Gasteiger partial charge in [-0.1, -0.05) is 138 Å². The number of hydrogen-bond donors (Lipinski definition) is 6. The van der Waals surface area contributed by atoms with Crippen LogP contribution in [0.15, 0.2) is 214 Å². The first-order chi connectivity index (χ1) is 62.4. The Morgan fingerprint density at radius 1 is 0.488 bits per heavy atom. The summed E-state index contributed by atoms with van der Waals surface area (Å²) in [7, 11) is 8.82. The zero-order valence-electron chi connectivity index (χ0n) is 74.2. The van der Waals surface area contributed by atoms with Gasteiger partial charge in [0.2, 0.25) is 17.8 Å². The molecule has 15 aromatic rings. The second-order valence-electron chi connectivity index (χ2n) is 34.5. The lowest BCUT2D eigenvalue weighted by molar-refractivity contribution is -0.129. The molecule has 12 heterocycles. The van der Waals surface area contributed by atoms with Crippen molar-refractivity contribution in [3.05, 3.63) is 241 Å². The molecule has 4 aliphatic rings. The summed E-state index contributed by atoms with van der Waals surface area (Å²) in [5, 5.41) is 41.9. The monoisotopic (exact) mass is 1740 g/mol. The van der Waals surface area contributed by atoms with Crippen LogP contribution in [0.1, 0.15) is 145 Å². The largest absolute Gasteiger partial charge is 0.393 e. The molecular weight excluding hydrogens is 1630 g/mol. The van der Waals surface area contributed by atoms with E-state index in [0.29, 0.717) is 89.1 Å². The Hall–Kier alpha value is -14.4. The van der Waals surface area contributed by atoms with E-state index >= 15 is 0 Å². The number of nitrogens with two attached hydrogens (primary N) is 3. The Morgan fingerprint density at radius 3 is 1.39 bits per heavy atom. The van der Waals surface area contributed by atoms with Crippen molar-refractivity contribution in [3.8, 4) is 79.0 Å². The van der Waals surface area contributed by atoms with Gasteiger partial charge in [-0.25, -0.2) is 39.9 Å². The van der Waals surface area contributed by atoms with E-state index in [4.69, 9.17) is 60.0 Å². The van der Waals surface area contributed by atoms with Crippen molar-refractivity contribution >= 4 is 41.3 Å². The number of amides is 1. The summed E-state index contributed by atoms with van der Waals surface area (Å²) in [4.78, 5) is 68.3. The molecule has 0 radical (unpaired) electrons. The number of nitrogen functional groups attached to an aromatic ring is 3. The first-order valence-corrected chi connectivity index (χ1v) is 43.4. The third-order valence-corrected chi connectivity index (χ3v) is 25.7. The van der Waals surface area contributed by atoms with Gasteiger partial charge < -0.3 is 65.6 Å². The molecule has 129 heavy (non-hydrogen) atoms. The molecule has 0 spiro atoms. The van der Waals surface area contributed by atoms with Gasteiger partial charge in [-0.3, -0.25) is 14.2 Å². The normalized spacial score (nSPS) is 15.8. The summed E-state index contributed by atoms with van der Waals surface area (Å²) in [6.07, 6.45) is 30.2. The first kappa shape index (κ1) is 88.0. The fraction of sp³-hybridized carbons (Fsp3) is 0.358. The highest BCUT2D eigenvalue weighted by Gasteiger charge is 2.50. The molecule has 3 saturated carbocycles. The third-order valence-electron chi connectivity index (χ3n) is 25.7. The minimum atomic E-state index is -0.479. The van der Waals surface area contributed by atoms with Crippen molar-refractivity contribution in [1.29, 1.82) is 0 Å². The third kappa shape index (κ3) is 19.3. The number of aliphatic hydroxyl groups excluding tert-OH is 1. The van der Waals surface area contributed by atoms with E-state index in [1.165, 1.54) is 35.3 Å². The Balaban J connectivity index is 0.000000126. The van der Waals surface area contributed by atoms with Crippen LogP contribution in [0, 0.1) is 23.7 Å². The number of hydrogen-bond acceptors (Lipinski definition) is 31. The van der Waals surface area contributed by atoms with Crippen LogP contribution in [0.2, 0.25) is 0 Å². The number of methoxy groups -OCH3 is 1. The second kappa shape index (κ2) is 38.0. The molecule has 1 aliphatic heterocycles. The minimum Gasteiger partial charge on any atom is -0.393 e. The molecule has 19 rings (SSSR count). The van der Waals surface area contributed by atoms with Crippen LogP contribution in [0.3, 0.4) is 0 Å². The first-order valence-electron chi connectivity index (χ1n) is 43.4. The fourth-order valence-electron chi connectivity index (χ4n) is 16.4. The van der Waals surface area contributed by atoms with Gasteiger partial charge >= 0.3 is 6.01 Å². The number of aliphatic hydroxyl groups is 1. The zero-order valence-corrected chi connectivity index (χ0v) is 74.2. The number of ether oxygens (including phenoxy) is 1. The van der Waals surface area contributed by atoms with Crippen LogP contribution in [0.4, 0.5) is 35.4 Å². The maximum Gasteiger partial charge on any atom is 0.324 e.